The van der Waals surface area contributed by atoms with Crippen LogP contribution in [0.3, 0.4) is 0 Å². The van der Waals surface area contributed by atoms with E-state index in [4.69, 9.17) is 4.42 Å². The maximum Gasteiger partial charge on any atom is 0.287 e. The number of benzene rings is 1. The molecule has 0 spiro atoms. The number of aromatic amines is 1. The lowest BCUT2D eigenvalue weighted by Crippen LogP contribution is -2.32. The fourth-order valence-electron chi connectivity index (χ4n) is 2.29. The van der Waals surface area contributed by atoms with Crippen molar-refractivity contribution in [3.05, 3.63) is 54.2 Å². The molecule has 21 heavy (non-hydrogen) atoms. The van der Waals surface area contributed by atoms with Gasteiger partial charge in [0.15, 0.2) is 5.76 Å². The van der Waals surface area contributed by atoms with Crippen molar-refractivity contribution in [3.8, 4) is 0 Å². The van der Waals surface area contributed by atoms with Gasteiger partial charge >= 0.3 is 0 Å². The summed E-state index contributed by atoms with van der Waals surface area (Å²) in [6.45, 7) is 4.08. The fourth-order valence-corrected chi connectivity index (χ4v) is 2.29. The van der Waals surface area contributed by atoms with Gasteiger partial charge in [0.1, 0.15) is 5.82 Å². The number of nitrogens with one attached hydrogen (secondary N) is 2. The van der Waals surface area contributed by atoms with Crippen molar-refractivity contribution >= 4 is 16.9 Å². The van der Waals surface area contributed by atoms with Crippen LogP contribution in [0.4, 0.5) is 0 Å². The summed E-state index contributed by atoms with van der Waals surface area (Å²) in [6, 6.07) is 11.0. The topological polar surface area (TPSA) is 70.9 Å². The largest absolute Gasteiger partial charge is 0.459 e. The molecule has 0 aliphatic heterocycles. The van der Waals surface area contributed by atoms with E-state index >= 15 is 0 Å². The Morgan fingerprint density at radius 1 is 1.24 bits per heavy atom. The molecule has 0 saturated carbocycles. The normalized spacial score (nSPS) is 12.7. The van der Waals surface area contributed by atoms with Gasteiger partial charge < -0.3 is 14.7 Å². The van der Waals surface area contributed by atoms with E-state index in [1.807, 2.05) is 38.1 Å². The van der Waals surface area contributed by atoms with Crippen LogP contribution < -0.4 is 5.32 Å². The van der Waals surface area contributed by atoms with Gasteiger partial charge in [0.25, 0.3) is 5.91 Å². The second kappa shape index (κ2) is 5.44. The van der Waals surface area contributed by atoms with Crippen LogP contribution in [-0.4, -0.2) is 15.9 Å². The molecule has 0 radical (unpaired) electrons. The zero-order chi connectivity index (χ0) is 14.8. The number of rotatable bonds is 4. The van der Waals surface area contributed by atoms with Crippen molar-refractivity contribution < 1.29 is 9.21 Å². The van der Waals surface area contributed by atoms with Gasteiger partial charge in [-0.15, -0.1) is 0 Å². The number of hydrogen-bond acceptors (Lipinski definition) is 3. The highest BCUT2D eigenvalue weighted by Crippen LogP contribution is 2.22. The van der Waals surface area contributed by atoms with Crippen LogP contribution in [0.2, 0.25) is 0 Å². The Balaban J connectivity index is 1.89. The Hall–Kier alpha value is -2.56. The van der Waals surface area contributed by atoms with Crippen LogP contribution in [0.5, 0.6) is 0 Å². The number of carbonyl (C=O) groups excluding carboxylic acids is 1. The Labute approximate surface area is 122 Å². The van der Waals surface area contributed by atoms with E-state index in [9.17, 15) is 4.79 Å². The number of furan rings is 1. The third-order valence-corrected chi connectivity index (χ3v) is 3.40. The second-order valence-electron chi connectivity index (χ2n) is 5.31. The van der Waals surface area contributed by atoms with Crippen LogP contribution in [0.15, 0.2) is 47.1 Å². The zero-order valence-electron chi connectivity index (χ0n) is 12.0. The number of nitrogens with zero attached hydrogens (tertiary/aromatic N) is 1. The molecule has 2 heterocycles. The molecule has 0 aliphatic rings. The molecule has 108 valence electrons. The number of H-pyrrole nitrogens is 1. The molecule has 1 aromatic carbocycles. The summed E-state index contributed by atoms with van der Waals surface area (Å²) in [5.41, 5.74) is 1.86. The minimum Gasteiger partial charge on any atom is -0.459 e. The first-order valence-corrected chi connectivity index (χ1v) is 6.94. The first-order valence-electron chi connectivity index (χ1n) is 6.94. The molecular weight excluding hydrogens is 266 g/mol. The molecule has 0 unspecified atom stereocenters. The maximum absolute atomic E-state index is 12.2. The first-order chi connectivity index (χ1) is 10.1. The minimum absolute atomic E-state index is 0.199. The molecule has 3 rings (SSSR count). The predicted octanol–water partition coefficient (Wildman–Crippen LogP) is 3.28. The molecule has 0 bridgehead atoms. The third kappa shape index (κ3) is 2.67. The smallest absolute Gasteiger partial charge is 0.287 e. The zero-order valence-corrected chi connectivity index (χ0v) is 12.0. The SMILES string of the molecule is CC(C)[C@H](NC(=O)c1ccco1)c1nc2ccccc2[nH]1. The number of carbonyl (C=O) groups is 1. The molecule has 5 nitrogen and oxygen atoms in total. The number of aromatic nitrogens is 2. The van der Waals surface area contributed by atoms with E-state index in [1.165, 1.54) is 6.26 Å². The highest BCUT2D eigenvalue weighted by atomic mass is 16.3. The second-order valence-corrected chi connectivity index (χ2v) is 5.31. The van der Waals surface area contributed by atoms with E-state index in [0.29, 0.717) is 5.76 Å². The Morgan fingerprint density at radius 2 is 2.05 bits per heavy atom. The van der Waals surface area contributed by atoms with Crippen molar-refractivity contribution in [2.24, 2.45) is 5.92 Å². The van der Waals surface area contributed by atoms with Crippen LogP contribution in [0.25, 0.3) is 11.0 Å². The summed E-state index contributed by atoms with van der Waals surface area (Å²) in [4.78, 5) is 20.0. The number of hydrogen-bond donors (Lipinski definition) is 2. The highest BCUT2D eigenvalue weighted by molar-refractivity contribution is 5.91. The van der Waals surface area contributed by atoms with Gasteiger partial charge in [0, 0.05) is 0 Å². The number of imidazole rings is 1. The van der Waals surface area contributed by atoms with Crippen molar-refractivity contribution in [2.45, 2.75) is 19.9 Å². The van der Waals surface area contributed by atoms with Gasteiger partial charge in [-0.25, -0.2) is 4.98 Å². The monoisotopic (exact) mass is 283 g/mol. The van der Waals surface area contributed by atoms with Crippen LogP contribution in [0.1, 0.15) is 36.3 Å². The number of para-hydroxylation sites is 2. The van der Waals surface area contributed by atoms with Crippen molar-refractivity contribution in [1.82, 2.24) is 15.3 Å². The molecule has 1 amide bonds. The molecular formula is C16H17N3O2. The van der Waals surface area contributed by atoms with Gasteiger partial charge in [0.2, 0.25) is 0 Å². The molecule has 2 aromatic heterocycles. The molecule has 3 aromatic rings. The van der Waals surface area contributed by atoms with Crippen molar-refractivity contribution in [1.29, 1.82) is 0 Å². The molecule has 5 heteroatoms. The van der Waals surface area contributed by atoms with Crippen LogP contribution in [-0.2, 0) is 0 Å². The Morgan fingerprint density at radius 3 is 2.71 bits per heavy atom. The van der Waals surface area contributed by atoms with E-state index in [1.54, 1.807) is 12.1 Å². The molecule has 0 aliphatic carbocycles. The van der Waals surface area contributed by atoms with Crippen molar-refractivity contribution in [3.63, 3.8) is 0 Å². The van der Waals surface area contributed by atoms with Crippen LogP contribution >= 0.6 is 0 Å². The average molecular weight is 283 g/mol. The predicted molar refractivity (Wildman–Crippen MR) is 79.8 cm³/mol. The van der Waals surface area contributed by atoms with E-state index < -0.39 is 0 Å². The quantitative estimate of drug-likeness (QED) is 0.772. The summed E-state index contributed by atoms with van der Waals surface area (Å²) in [5.74, 6) is 1.02. The first kappa shape index (κ1) is 13.4. The van der Waals surface area contributed by atoms with E-state index in [-0.39, 0.29) is 17.9 Å². The third-order valence-electron chi connectivity index (χ3n) is 3.40. The molecule has 1 atom stereocenters. The molecule has 2 N–H and O–H groups in total. The van der Waals surface area contributed by atoms with Gasteiger partial charge in [-0.3, -0.25) is 4.79 Å². The van der Waals surface area contributed by atoms with Crippen molar-refractivity contribution in [2.75, 3.05) is 0 Å². The highest BCUT2D eigenvalue weighted by Gasteiger charge is 2.23. The molecule has 0 saturated heterocycles. The van der Waals surface area contributed by atoms with Gasteiger partial charge in [0.05, 0.1) is 23.3 Å². The average Bonchev–Trinajstić information content (AvgIpc) is 3.12. The summed E-state index contributed by atoms with van der Waals surface area (Å²) in [5, 5.41) is 2.97. The summed E-state index contributed by atoms with van der Waals surface area (Å²) >= 11 is 0. The van der Waals surface area contributed by atoms with Gasteiger partial charge in [-0.05, 0) is 30.2 Å². The number of fused-ring (bicyclic) bond motifs is 1. The van der Waals surface area contributed by atoms with Gasteiger partial charge in [-0.2, -0.15) is 0 Å². The summed E-state index contributed by atoms with van der Waals surface area (Å²) in [7, 11) is 0. The van der Waals surface area contributed by atoms with E-state index in [0.717, 1.165) is 16.9 Å². The lowest BCUT2D eigenvalue weighted by atomic mass is 10.0. The fraction of sp³-hybridized carbons (Fsp3) is 0.250. The van der Waals surface area contributed by atoms with E-state index in [2.05, 4.69) is 15.3 Å². The van der Waals surface area contributed by atoms with Crippen LogP contribution in [0, 0.1) is 5.92 Å². The van der Waals surface area contributed by atoms with Gasteiger partial charge in [-0.1, -0.05) is 26.0 Å². The standard InChI is InChI=1S/C16H17N3O2/c1-10(2)14(19-16(20)13-8-5-9-21-13)15-17-11-6-3-4-7-12(11)18-15/h3-10,14H,1-2H3,(H,17,18)(H,19,20)/t14-/m0/s1. The maximum atomic E-state index is 12.2. The Kier molecular flexibility index (Phi) is 3.48. The Bertz CT molecular complexity index is 711. The summed E-state index contributed by atoms with van der Waals surface area (Å²) < 4.78 is 5.13. The minimum atomic E-state index is -0.237. The lowest BCUT2D eigenvalue weighted by molar-refractivity contribution is 0.0895. The summed E-state index contributed by atoms with van der Waals surface area (Å²) in [6.07, 6.45) is 1.49. The number of amides is 1. The molecule has 0 fully saturated rings. The lowest BCUT2D eigenvalue weighted by Gasteiger charge is -2.19.